The summed E-state index contributed by atoms with van der Waals surface area (Å²) in [5, 5.41) is 1.91. The molecule has 2 N–H and O–H groups in total. The molecule has 6 heteroatoms. The summed E-state index contributed by atoms with van der Waals surface area (Å²) >= 11 is 12.3. The average molecular weight is 315 g/mol. The zero-order chi connectivity index (χ0) is 14.7. The first-order valence-corrected chi connectivity index (χ1v) is 7.06. The van der Waals surface area contributed by atoms with Gasteiger partial charge in [0, 0.05) is 11.6 Å². The van der Waals surface area contributed by atoms with Crippen LogP contribution in [-0.4, -0.2) is 24.2 Å². The van der Waals surface area contributed by atoms with E-state index in [-0.39, 0.29) is 12.5 Å². The van der Waals surface area contributed by atoms with Crippen molar-refractivity contribution in [3.8, 4) is 0 Å². The van der Waals surface area contributed by atoms with Crippen molar-refractivity contribution in [3.63, 3.8) is 0 Å². The molecule has 1 aromatic carbocycles. The van der Waals surface area contributed by atoms with Crippen molar-refractivity contribution in [2.24, 2.45) is 5.73 Å². The summed E-state index contributed by atoms with van der Waals surface area (Å²) in [6, 6.07) is 3.68. The van der Waals surface area contributed by atoms with E-state index in [1.54, 1.807) is 10.6 Å². The Labute approximate surface area is 127 Å². The number of nitrogens with zero attached hydrogens (tertiary/aromatic N) is 1. The van der Waals surface area contributed by atoms with E-state index in [9.17, 15) is 4.79 Å². The second-order valence-corrected chi connectivity index (χ2v) is 5.29. The molecule has 0 bridgehead atoms. The highest BCUT2D eigenvalue weighted by Crippen LogP contribution is 2.34. The molecule has 0 saturated heterocycles. The minimum atomic E-state index is -0.330. The van der Waals surface area contributed by atoms with E-state index < -0.39 is 0 Å². The number of aromatic nitrogens is 1. The SMILES string of the molecule is COC(=O)Cn1cc(CCCN)c2ccc(Cl)c(Cl)c21. The first kappa shape index (κ1) is 15.2. The molecule has 20 heavy (non-hydrogen) atoms. The maximum absolute atomic E-state index is 11.5. The lowest BCUT2D eigenvalue weighted by Gasteiger charge is -2.06. The molecule has 1 heterocycles. The van der Waals surface area contributed by atoms with Crippen molar-refractivity contribution in [1.82, 2.24) is 4.57 Å². The quantitative estimate of drug-likeness (QED) is 0.863. The van der Waals surface area contributed by atoms with Crippen LogP contribution in [0.15, 0.2) is 18.3 Å². The van der Waals surface area contributed by atoms with Crippen molar-refractivity contribution in [3.05, 3.63) is 33.9 Å². The highest BCUT2D eigenvalue weighted by atomic mass is 35.5. The highest BCUT2D eigenvalue weighted by Gasteiger charge is 2.15. The third-order valence-corrected chi connectivity index (χ3v) is 3.99. The van der Waals surface area contributed by atoms with E-state index in [1.165, 1.54) is 7.11 Å². The van der Waals surface area contributed by atoms with Gasteiger partial charge in [-0.15, -0.1) is 0 Å². The molecule has 2 rings (SSSR count). The second kappa shape index (κ2) is 6.48. The van der Waals surface area contributed by atoms with Crippen LogP contribution in [0, 0.1) is 0 Å². The van der Waals surface area contributed by atoms with Crippen molar-refractivity contribution in [1.29, 1.82) is 0 Å². The van der Waals surface area contributed by atoms with Gasteiger partial charge in [0.15, 0.2) is 0 Å². The van der Waals surface area contributed by atoms with E-state index in [0.29, 0.717) is 16.6 Å². The monoisotopic (exact) mass is 314 g/mol. The van der Waals surface area contributed by atoms with Gasteiger partial charge in [0.25, 0.3) is 0 Å². The number of rotatable bonds is 5. The van der Waals surface area contributed by atoms with Crippen LogP contribution in [0.3, 0.4) is 0 Å². The summed E-state index contributed by atoms with van der Waals surface area (Å²) < 4.78 is 6.49. The molecule has 0 amide bonds. The minimum Gasteiger partial charge on any atom is -0.468 e. The van der Waals surface area contributed by atoms with Gasteiger partial charge >= 0.3 is 5.97 Å². The fourth-order valence-electron chi connectivity index (χ4n) is 2.22. The van der Waals surface area contributed by atoms with Crippen LogP contribution in [0.5, 0.6) is 0 Å². The lowest BCUT2D eigenvalue weighted by Crippen LogP contribution is -2.10. The smallest absolute Gasteiger partial charge is 0.325 e. The lowest BCUT2D eigenvalue weighted by molar-refractivity contribution is -0.141. The van der Waals surface area contributed by atoms with Gasteiger partial charge in [-0.3, -0.25) is 4.79 Å². The Kier molecular flexibility index (Phi) is 4.91. The molecule has 0 saturated carbocycles. The Morgan fingerprint density at radius 3 is 2.80 bits per heavy atom. The molecule has 4 nitrogen and oxygen atoms in total. The van der Waals surface area contributed by atoms with Gasteiger partial charge in [-0.05, 0) is 31.0 Å². The zero-order valence-electron chi connectivity index (χ0n) is 11.2. The summed E-state index contributed by atoms with van der Waals surface area (Å²) in [6.07, 6.45) is 3.62. The molecule has 0 aliphatic carbocycles. The summed E-state index contributed by atoms with van der Waals surface area (Å²) in [6.45, 7) is 0.723. The minimum absolute atomic E-state index is 0.107. The number of methoxy groups -OCH3 is 1. The summed E-state index contributed by atoms with van der Waals surface area (Å²) in [7, 11) is 1.36. The van der Waals surface area contributed by atoms with Crippen molar-refractivity contribution >= 4 is 40.1 Å². The molecule has 0 spiro atoms. The third-order valence-electron chi connectivity index (χ3n) is 3.19. The van der Waals surface area contributed by atoms with E-state index >= 15 is 0 Å². The molecule has 108 valence electrons. The number of ether oxygens (including phenoxy) is 1. The summed E-state index contributed by atoms with van der Waals surface area (Å²) in [4.78, 5) is 11.5. The number of esters is 1. The predicted molar refractivity (Wildman–Crippen MR) is 81.3 cm³/mol. The van der Waals surface area contributed by atoms with Crippen LogP contribution < -0.4 is 5.73 Å². The topological polar surface area (TPSA) is 57.2 Å². The fraction of sp³-hybridized carbons (Fsp3) is 0.357. The van der Waals surface area contributed by atoms with Gasteiger partial charge in [0.05, 0.1) is 22.7 Å². The largest absolute Gasteiger partial charge is 0.468 e. The Balaban J connectivity index is 2.54. The predicted octanol–water partition coefficient (Wildman–Crippen LogP) is 3.01. The van der Waals surface area contributed by atoms with E-state index in [0.717, 1.165) is 29.3 Å². The van der Waals surface area contributed by atoms with Crippen molar-refractivity contribution < 1.29 is 9.53 Å². The van der Waals surface area contributed by atoms with Crippen LogP contribution >= 0.6 is 23.2 Å². The number of carbonyl (C=O) groups excluding carboxylic acids is 1. The van der Waals surface area contributed by atoms with Crippen LogP contribution in [0.25, 0.3) is 10.9 Å². The van der Waals surface area contributed by atoms with Crippen LogP contribution in [0.1, 0.15) is 12.0 Å². The molecule has 0 aliphatic heterocycles. The van der Waals surface area contributed by atoms with E-state index in [4.69, 9.17) is 33.7 Å². The third kappa shape index (κ3) is 2.92. The fourth-order valence-corrected chi connectivity index (χ4v) is 2.65. The molecule has 0 aliphatic rings. The van der Waals surface area contributed by atoms with Crippen molar-refractivity contribution in [2.45, 2.75) is 19.4 Å². The number of hydrogen-bond donors (Lipinski definition) is 1. The van der Waals surface area contributed by atoms with Crippen LogP contribution in [-0.2, 0) is 22.5 Å². The molecule has 0 atom stereocenters. The lowest BCUT2D eigenvalue weighted by atomic mass is 10.1. The molecule has 1 aromatic heterocycles. The average Bonchev–Trinajstić information content (AvgIpc) is 2.78. The van der Waals surface area contributed by atoms with E-state index in [1.807, 2.05) is 12.3 Å². The van der Waals surface area contributed by atoms with Gasteiger partial charge in [0.1, 0.15) is 6.54 Å². The summed E-state index contributed by atoms with van der Waals surface area (Å²) in [5.41, 5.74) is 7.42. The van der Waals surface area contributed by atoms with Gasteiger partial charge in [-0.25, -0.2) is 0 Å². The number of benzene rings is 1. The number of aryl methyl sites for hydroxylation is 1. The first-order chi connectivity index (χ1) is 9.58. The zero-order valence-corrected chi connectivity index (χ0v) is 12.7. The molecule has 2 aromatic rings. The van der Waals surface area contributed by atoms with Gasteiger partial charge < -0.3 is 15.0 Å². The molecular weight excluding hydrogens is 299 g/mol. The normalized spacial score (nSPS) is 11.0. The highest BCUT2D eigenvalue weighted by molar-refractivity contribution is 6.45. The van der Waals surface area contributed by atoms with Gasteiger partial charge in [-0.1, -0.05) is 29.3 Å². The number of fused-ring (bicyclic) bond motifs is 1. The Morgan fingerprint density at radius 1 is 1.40 bits per heavy atom. The Bertz CT molecular complexity index is 638. The van der Waals surface area contributed by atoms with Gasteiger partial charge in [0.2, 0.25) is 0 Å². The Hall–Kier alpha value is -1.23. The maximum atomic E-state index is 11.5. The van der Waals surface area contributed by atoms with Gasteiger partial charge in [-0.2, -0.15) is 0 Å². The van der Waals surface area contributed by atoms with Crippen LogP contribution in [0.2, 0.25) is 10.0 Å². The standard InChI is InChI=1S/C14H16Cl2N2O2/c1-20-12(19)8-18-7-9(3-2-6-17)10-4-5-11(15)13(16)14(10)18/h4-5,7H,2-3,6,8,17H2,1H3. The van der Waals surface area contributed by atoms with Crippen LogP contribution in [0.4, 0.5) is 0 Å². The maximum Gasteiger partial charge on any atom is 0.325 e. The second-order valence-electron chi connectivity index (χ2n) is 4.51. The number of halogens is 2. The number of hydrogen-bond acceptors (Lipinski definition) is 3. The molecule has 0 unspecified atom stereocenters. The van der Waals surface area contributed by atoms with E-state index in [2.05, 4.69) is 0 Å². The molecule has 0 fully saturated rings. The first-order valence-electron chi connectivity index (χ1n) is 6.31. The summed E-state index contributed by atoms with van der Waals surface area (Å²) in [5.74, 6) is -0.330. The van der Waals surface area contributed by atoms with Crippen molar-refractivity contribution in [2.75, 3.05) is 13.7 Å². The molecular formula is C14H16Cl2N2O2. The molecule has 0 radical (unpaired) electrons. The Morgan fingerprint density at radius 2 is 2.15 bits per heavy atom. The number of carbonyl (C=O) groups is 1. The number of nitrogens with two attached hydrogens (primary N) is 1.